The van der Waals surface area contributed by atoms with Crippen LogP contribution in [-0.4, -0.2) is 54.1 Å². The Bertz CT molecular complexity index is 924. The van der Waals surface area contributed by atoms with Crippen LogP contribution in [0.3, 0.4) is 0 Å². The SMILES string of the molecule is NC(=O)C1CC(F)(CF)CN1C(=O)CNC(=O)c1ccc(Oc2ccccc2)cc1. The van der Waals surface area contributed by atoms with Crippen molar-refractivity contribution in [2.75, 3.05) is 19.8 Å². The first-order valence-corrected chi connectivity index (χ1v) is 9.26. The number of amides is 3. The van der Waals surface area contributed by atoms with Crippen LogP contribution in [0.5, 0.6) is 11.5 Å². The molecule has 0 spiro atoms. The third kappa shape index (κ3) is 4.91. The number of rotatable bonds is 7. The molecule has 1 fully saturated rings. The number of benzene rings is 2. The average Bonchev–Trinajstić information content (AvgIpc) is 3.12. The third-order valence-corrected chi connectivity index (χ3v) is 4.77. The van der Waals surface area contributed by atoms with Gasteiger partial charge in [-0.3, -0.25) is 14.4 Å². The molecule has 9 heteroatoms. The van der Waals surface area contributed by atoms with Crippen LogP contribution in [0.1, 0.15) is 16.8 Å². The van der Waals surface area contributed by atoms with E-state index < -0.39 is 55.6 Å². The van der Waals surface area contributed by atoms with Gasteiger partial charge in [0.1, 0.15) is 24.2 Å². The third-order valence-electron chi connectivity index (χ3n) is 4.77. The fourth-order valence-corrected chi connectivity index (χ4v) is 3.21. The molecule has 0 aromatic heterocycles. The van der Waals surface area contributed by atoms with Gasteiger partial charge in [0.05, 0.1) is 13.1 Å². The first-order chi connectivity index (χ1) is 14.3. The summed E-state index contributed by atoms with van der Waals surface area (Å²) in [4.78, 5) is 37.0. The molecular weight excluding hydrogens is 396 g/mol. The number of hydrogen-bond donors (Lipinski definition) is 2. The molecule has 3 amide bonds. The highest BCUT2D eigenvalue weighted by Crippen LogP contribution is 2.31. The highest BCUT2D eigenvalue weighted by atomic mass is 19.2. The minimum Gasteiger partial charge on any atom is -0.457 e. The lowest BCUT2D eigenvalue weighted by atomic mass is 10.0. The van der Waals surface area contributed by atoms with E-state index in [1.54, 1.807) is 24.3 Å². The van der Waals surface area contributed by atoms with E-state index in [4.69, 9.17) is 10.5 Å². The number of carbonyl (C=O) groups excluding carboxylic acids is 3. The molecule has 1 heterocycles. The smallest absolute Gasteiger partial charge is 0.251 e. The monoisotopic (exact) mass is 417 g/mol. The normalized spacial score (nSPS) is 20.6. The van der Waals surface area contributed by atoms with E-state index in [2.05, 4.69) is 5.32 Å². The van der Waals surface area contributed by atoms with E-state index in [1.165, 1.54) is 12.1 Å². The van der Waals surface area contributed by atoms with Crippen LogP contribution >= 0.6 is 0 Å². The molecule has 2 unspecified atom stereocenters. The molecule has 2 atom stereocenters. The number of hydrogen-bond acceptors (Lipinski definition) is 4. The molecule has 1 aliphatic rings. The van der Waals surface area contributed by atoms with Gasteiger partial charge >= 0.3 is 0 Å². The van der Waals surface area contributed by atoms with Crippen LogP contribution in [0.4, 0.5) is 8.78 Å². The van der Waals surface area contributed by atoms with Gasteiger partial charge in [0.15, 0.2) is 5.67 Å². The standard InChI is InChI=1S/C21H21F2N3O4/c22-12-21(23)10-17(19(24)28)26(13-21)18(27)11-25-20(29)14-6-8-16(9-7-14)30-15-4-2-1-3-5-15/h1-9,17H,10-13H2,(H2,24,28)(H,25,29). The number of nitrogens with zero attached hydrogens (tertiary/aromatic N) is 1. The summed E-state index contributed by atoms with van der Waals surface area (Å²) in [6.07, 6.45) is -0.499. The summed E-state index contributed by atoms with van der Waals surface area (Å²) < 4.78 is 32.8. The van der Waals surface area contributed by atoms with Crippen molar-refractivity contribution >= 4 is 17.7 Å². The Morgan fingerprint density at radius 2 is 1.73 bits per heavy atom. The number of halogens is 2. The molecule has 158 valence electrons. The minimum atomic E-state index is -2.31. The maximum absolute atomic E-state index is 14.2. The van der Waals surface area contributed by atoms with Gasteiger partial charge in [-0.25, -0.2) is 8.78 Å². The molecule has 0 radical (unpaired) electrons. The van der Waals surface area contributed by atoms with Crippen LogP contribution in [0.2, 0.25) is 0 Å². The number of primary amides is 1. The first-order valence-electron chi connectivity index (χ1n) is 9.26. The van der Waals surface area contributed by atoms with Crippen molar-refractivity contribution in [3.63, 3.8) is 0 Å². The summed E-state index contributed by atoms with van der Waals surface area (Å²) in [5, 5.41) is 2.41. The molecule has 0 aliphatic carbocycles. The molecule has 0 bridgehead atoms. The summed E-state index contributed by atoms with van der Waals surface area (Å²) in [6, 6.07) is 14.1. The first kappa shape index (κ1) is 21.2. The van der Waals surface area contributed by atoms with E-state index in [9.17, 15) is 23.2 Å². The molecule has 2 aromatic carbocycles. The largest absolute Gasteiger partial charge is 0.457 e. The van der Waals surface area contributed by atoms with Crippen molar-refractivity contribution < 1.29 is 27.9 Å². The Labute approximate surface area is 171 Å². The second-order valence-corrected chi connectivity index (χ2v) is 7.05. The number of nitrogens with two attached hydrogens (primary N) is 1. The number of para-hydroxylation sites is 1. The van der Waals surface area contributed by atoms with Crippen LogP contribution in [0.25, 0.3) is 0 Å². The molecule has 1 saturated heterocycles. The zero-order valence-electron chi connectivity index (χ0n) is 16.0. The van der Waals surface area contributed by atoms with E-state index in [0.29, 0.717) is 11.5 Å². The summed E-state index contributed by atoms with van der Waals surface area (Å²) >= 11 is 0. The second kappa shape index (κ2) is 8.89. The Kier molecular flexibility index (Phi) is 6.29. The van der Waals surface area contributed by atoms with Gasteiger partial charge in [0.25, 0.3) is 5.91 Å². The van der Waals surface area contributed by atoms with Crippen LogP contribution in [0, 0.1) is 0 Å². The predicted molar refractivity (Wildman–Crippen MR) is 104 cm³/mol. The molecule has 30 heavy (non-hydrogen) atoms. The highest BCUT2D eigenvalue weighted by molar-refractivity contribution is 5.97. The minimum absolute atomic E-state index is 0.277. The number of carbonyl (C=O) groups is 3. The second-order valence-electron chi connectivity index (χ2n) is 7.05. The summed E-state index contributed by atoms with van der Waals surface area (Å²) in [5.41, 5.74) is 3.16. The quantitative estimate of drug-likeness (QED) is 0.719. The van der Waals surface area contributed by atoms with Crippen LogP contribution < -0.4 is 15.8 Å². The van der Waals surface area contributed by atoms with Crippen LogP contribution in [-0.2, 0) is 9.59 Å². The van der Waals surface area contributed by atoms with Crippen molar-refractivity contribution in [1.29, 1.82) is 0 Å². The van der Waals surface area contributed by atoms with Gasteiger partial charge in [-0.2, -0.15) is 0 Å². The number of ether oxygens (including phenoxy) is 1. The average molecular weight is 417 g/mol. The summed E-state index contributed by atoms with van der Waals surface area (Å²) in [5.74, 6) is -1.00. The van der Waals surface area contributed by atoms with Crippen molar-refractivity contribution in [3.05, 3.63) is 60.2 Å². The Morgan fingerprint density at radius 3 is 2.33 bits per heavy atom. The molecular formula is C21H21F2N3O4. The molecule has 1 aliphatic heterocycles. The molecule has 3 rings (SSSR count). The maximum atomic E-state index is 14.2. The predicted octanol–water partition coefficient (Wildman–Crippen LogP) is 1.97. The summed E-state index contributed by atoms with van der Waals surface area (Å²) in [6.45, 7) is -2.39. The fourth-order valence-electron chi connectivity index (χ4n) is 3.21. The van der Waals surface area contributed by atoms with Crippen molar-refractivity contribution in [1.82, 2.24) is 10.2 Å². The van der Waals surface area contributed by atoms with E-state index in [-0.39, 0.29) is 5.56 Å². The lowest BCUT2D eigenvalue weighted by molar-refractivity contribution is -0.136. The van der Waals surface area contributed by atoms with Gasteiger partial charge in [-0.05, 0) is 36.4 Å². The Morgan fingerprint density at radius 1 is 1.10 bits per heavy atom. The zero-order valence-corrected chi connectivity index (χ0v) is 16.0. The molecule has 7 nitrogen and oxygen atoms in total. The zero-order chi connectivity index (χ0) is 21.7. The van der Waals surface area contributed by atoms with Gasteiger partial charge in [0, 0.05) is 12.0 Å². The summed E-state index contributed by atoms with van der Waals surface area (Å²) in [7, 11) is 0. The van der Waals surface area contributed by atoms with E-state index in [1.807, 2.05) is 18.2 Å². The van der Waals surface area contributed by atoms with Crippen molar-refractivity contribution in [2.24, 2.45) is 5.73 Å². The Hall–Kier alpha value is -3.49. The number of alkyl halides is 2. The van der Waals surface area contributed by atoms with E-state index >= 15 is 0 Å². The Balaban J connectivity index is 1.57. The lowest BCUT2D eigenvalue weighted by Gasteiger charge is -2.22. The van der Waals surface area contributed by atoms with Crippen molar-refractivity contribution in [2.45, 2.75) is 18.1 Å². The van der Waals surface area contributed by atoms with Gasteiger partial charge < -0.3 is 20.7 Å². The number of nitrogens with one attached hydrogen (secondary N) is 1. The highest BCUT2D eigenvalue weighted by Gasteiger charge is 2.48. The van der Waals surface area contributed by atoms with Crippen molar-refractivity contribution in [3.8, 4) is 11.5 Å². The molecule has 2 aromatic rings. The van der Waals surface area contributed by atoms with Gasteiger partial charge in [0.2, 0.25) is 11.8 Å². The topological polar surface area (TPSA) is 102 Å². The van der Waals surface area contributed by atoms with Gasteiger partial charge in [-0.15, -0.1) is 0 Å². The van der Waals surface area contributed by atoms with Gasteiger partial charge in [-0.1, -0.05) is 18.2 Å². The number of likely N-dealkylation sites (tertiary alicyclic amines) is 1. The molecule has 0 saturated carbocycles. The molecule has 3 N–H and O–H groups in total. The fraction of sp³-hybridized carbons (Fsp3) is 0.286. The van der Waals surface area contributed by atoms with Crippen LogP contribution in [0.15, 0.2) is 54.6 Å². The lowest BCUT2D eigenvalue weighted by Crippen LogP contribution is -2.47. The maximum Gasteiger partial charge on any atom is 0.251 e. The van der Waals surface area contributed by atoms with E-state index in [0.717, 1.165) is 4.90 Å².